The predicted octanol–water partition coefficient (Wildman–Crippen LogP) is 4.21. The molecule has 1 unspecified atom stereocenters. The average Bonchev–Trinajstić information content (AvgIpc) is 3.12. The van der Waals surface area contributed by atoms with E-state index in [1.807, 2.05) is 0 Å². The van der Waals surface area contributed by atoms with Crippen LogP contribution in [0.5, 0.6) is 0 Å². The summed E-state index contributed by atoms with van der Waals surface area (Å²) in [5.41, 5.74) is 0. The van der Waals surface area contributed by atoms with Gasteiger partial charge >= 0.3 is 0 Å². The number of hydrogen-bond acceptors (Lipinski definition) is 6. The maximum absolute atomic E-state index is 4.67. The van der Waals surface area contributed by atoms with Gasteiger partial charge in [-0.15, -0.1) is 11.3 Å². The first-order chi connectivity index (χ1) is 10.2. The first-order valence-corrected chi connectivity index (χ1v) is 9.44. The predicted molar refractivity (Wildman–Crippen MR) is 94.8 cm³/mol. The molecule has 1 saturated heterocycles. The fourth-order valence-corrected chi connectivity index (χ4v) is 4.56. The Kier molecular flexibility index (Phi) is 4.54. The lowest BCUT2D eigenvalue weighted by Crippen LogP contribution is -2.27. The summed E-state index contributed by atoms with van der Waals surface area (Å²) in [5.74, 6) is 2.98. The number of rotatable bonds is 6. The molecule has 0 spiro atoms. The van der Waals surface area contributed by atoms with Gasteiger partial charge in [-0.1, -0.05) is 6.92 Å². The van der Waals surface area contributed by atoms with Crippen LogP contribution < -0.4 is 10.6 Å². The molecule has 6 heteroatoms. The van der Waals surface area contributed by atoms with E-state index in [2.05, 4.69) is 57.7 Å². The molecule has 0 radical (unpaired) electrons. The molecule has 2 aromatic rings. The smallest absolute Gasteiger partial charge is 0.226 e. The van der Waals surface area contributed by atoms with Crippen LogP contribution in [0.4, 0.5) is 11.8 Å². The molecule has 1 aliphatic rings. The van der Waals surface area contributed by atoms with Gasteiger partial charge in [-0.3, -0.25) is 0 Å². The number of thiophene rings is 1. The summed E-state index contributed by atoms with van der Waals surface area (Å²) < 4.78 is 0.338. The van der Waals surface area contributed by atoms with E-state index in [1.165, 1.54) is 18.6 Å². The van der Waals surface area contributed by atoms with Gasteiger partial charge in [0.2, 0.25) is 5.95 Å². The summed E-state index contributed by atoms with van der Waals surface area (Å²) >= 11 is 3.74. The lowest BCUT2D eigenvalue weighted by molar-refractivity contribution is 0.634. The minimum Gasteiger partial charge on any atom is -0.368 e. The van der Waals surface area contributed by atoms with Crippen LogP contribution in [-0.4, -0.2) is 33.6 Å². The summed E-state index contributed by atoms with van der Waals surface area (Å²) in [4.78, 5) is 10.3. The summed E-state index contributed by atoms with van der Waals surface area (Å²) in [5, 5.41) is 10.1. The minimum atomic E-state index is 0.338. The van der Waals surface area contributed by atoms with Crippen LogP contribution >= 0.6 is 23.1 Å². The SMILES string of the molecule is CCCNc1nc(NCC2(C)CCCS2)c2ccsc2n1. The molecule has 1 aliphatic heterocycles. The minimum absolute atomic E-state index is 0.338. The molecule has 4 nitrogen and oxygen atoms in total. The van der Waals surface area contributed by atoms with Gasteiger partial charge in [0.15, 0.2) is 0 Å². The fraction of sp³-hybridized carbons (Fsp3) is 0.600. The van der Waals surface area contributed by atoms with E-state index in [-0.39, 0.29) is 0 Å². The van der Waals surface area contributed by atoms with E-state index in [9.17, 15) is 0 Å². The zero-order chi connectivity index (χ0) is 14.7. The number of hydrogen-bond donors (Lipinski definition) is 2. The molecule has 3 rings (SSSR count). The summed E-state index contributed by atoms with van der Waals surface area (Å²) in [7, 11) is 0. The quantitative estimate of drug-likeness (QED) is 0.834. The Morgan fingerprint density at radius 2 is 2.24 bits per heavy atom. The Morgan fingerprint density at radius 3 is 3.00 bits per heavy atom. The Hall–Kier alpha value is -1.01. The van der Waals surface area contributed by atoms with Gasteiger partial charge in [0.1, 0.15) is 10.6 Å². The monoisotopic (exact) mass is 322 g/mol. The lowest BCUT2D eigenvalue weighted by atomic mass is 10.1. The highest BCUT2D eigenvalue weighted by molar-refractivity contribution is 8.00. The second-order valence-corrected chi connectivity index (χ2v) is 8.29. The van der Waals surface area contributed by atoms with E-state index in [4.69, 9.17) is 0 Å². The molecule has 2 N–H and O–H groups in total. The van der Waals surface area contributed by atoms with Crippen molar-refractivity contribution in [2.45, 2.75) is 37.9 Å². The maximum atomic E-state index is 4.67. The lowest BCUT2D eigenvalue weighted by Gasteiger charge is -2.23. The molecule has 0 amide bonds. The zero-order valence-electron chi connectivity index (χ0n) is 12.6. The second-order valence-electron chi connectivity index (χ2n) is 5.72. The van der Waals surface area contributed by atoms with Crippen LogP contribution in [0.25, 0.3) is 10.2 Å². The van der Waals surface area contributed by atoms with Crippen molar-refractivity contribution >= 4 is 45.1 Å². The van der Waals surface area contributed by atoms with Crippen LogP contribution in [0.3, 0.4) is 0 Å². The largest absolute Gasteiger partial charge is 0.368 e. The average molecular weight is 323 g/mol. The van der Waals surface area contributed by atoms with E-state index < -0.39 is 0 Å². The van der Waals surface area contributed by atoms with Crippen LogP contribution in [0, 0.1) is 0 Å². The molecule has 0 aliphatic carbocycles. The van der Waals surface area contributed by atoms with Crippen molar-refractivity contribution < 1.29 is 0 Å². The molecule has 1 fully saturated rings. The molecule has 0 bridgehead atoms. The highest BCUT2D eigenvalue weighted by Crippen LogP contribution is 2.38. The van der Waals surface area contributed by atoms with E-state index >= 15 is 0 Å². The van der Waals surface area contributed by atoms with E-state index in [1.54, 1.807) is 11.3 Å². The third-order valence-electron chi connectivity index (χ3n) is 3.79. The van der Waals surface area contributed by atoms with Crippen molar-refractivity contribution in [2.24, 2.45) is 0 Å². The normalized spacial score (nSPS) is 21.8. The van der Waals surface area contributed by atoms with Gasteiger partial charge in [-0.25, -0.2) is 4.98 Å². The number of thioether (sulfide) groups is 1. The number of anilines is 2. The third kappa shape index (κ3) is 3.43. The van der Waals surface area contributed by atoms with Crippen LogP contribution in [0.2, 0.25) is 0 Å². The molecular weight excluding hydrogens is 300 g/mol. The number of fused-ring (bicyclic) bond motifs is 1. The second kappa shape index (κ2) is 6.40. The Bertz CT molecular complexity index is 605. The van der Waals surface area contributed by atoms with Gasteiger partial charge in [-0.05, 0) is 43.4 Å². The molecular formula is C15H22N4S2. The van der Waals surface area contributed by atoms with E-state index in [0.717, 1.165) is 41.5 Å². The van der Waals surface area contributed by atoms with Gasteiger partial charge in [0, 0.05) is 17.8 Å². The topological polar surface area (TPSA) is 49.8 Å². The molecule has 114 valence electrons. The van der Waals surface area contributed by atoms with Crippen molar-refractivity contribution in [1.82, 2.24) is 9.97 Å². The van der Waals surface area contributed by atoms with Crippen molar-refractivity contribution in [3.63, 3.8) is 0 Å². The van der Waals surface area contributed by atoms with Gasteiger partial charge < -0.3 is 10.6 Å². The Balaban J connectivity index is 1.80. The van der Waals surface area contributed by atoms with Gasteiger partial charge in [0.05, 0.1) is 5.39 Å². The van der Waals surface area contributed by atoms with Gasteiger partial charge in [-0.2, -0.15) is 16.7 Å². The fourth-order valence-electron chi connectivity index (χ4n) is 2.55. The van der Waals surface area contributed by atoms with Crippen LogP contribution in [0.1, 0.15) is 33.1 Å². The van der Waals surface area contributed by atoms with Gasteiger partial charge in [0.25, 0.3) is 0 Å². The molecule has 3 heterocycles. The number of aromatic nitrogens is 2. The number of nitrogens with one attached hydrogen (secondary N) is 2. The Labute approximate surface area is 134 Å². The maximum Gasteiger partial charge on any atom is 0.226 e. The highest BCUT2D eigenvalue weighted by Gasteiger charge is 2.29. The highest BCUT2D eigenvalue weighted by atomic mass is 32.2. The molecule has 0 aromatic carbocycles. The summed E-state index contributed by atoms with van der Waals surface area (Å²) in [6.45, 7) is 6.37. The molecule has 0 saturated carbocycles. The van der Waals surface area contributed by atoms with E-state index in [0.29, 0.717) is 4.75 Å². The Morgan fingerprint density at radius 1 is 1.33 bits per heavy atom. The van der Waals surface area contributed by atoms with Crippen molar-refractivity contribution in [3.05, 3.63) is 11.4 Å². The first kappa shape index (κ1) is 14.9. The third-order valence-corrected chi connectivity index (χ3v) is 6.13. The van der Waals surface area contributed by atoms with Crippen molar-refractivity contribution in [3.8, 4) is 0 Å². The van der Waals surface area contributed by atoms with Crippen LogP contribution in [0.15, 0.2) is 11.4 Å². The molecule has 1 atom stereocenters. The van der Waals surface area contributed by atoms with Crippen molar-refractivity contribution in [2.75, 3.05) is 29.5 Å². The van der Waals surface area contributed by atoms with Crippen LogP contribution in [-0.2, 0) is 0 Å². The molecule has 2 aromatic heterocycles. The zero-order valence-corrected chi connectivity index (χ0v) is 14.2. The summed E-state index contributed by atoms with van der Waals surface area (Å²) in [6, 6.07) is 2.11. The standard InChI is InChI=1S/C15H22N4S2/c1-3-7-16-14-18-12(11-5-9-20-13(11)19-14)17-10-15(2)6-4-8-21-15/h5,9H,3-4,6-8,10H2,1-2H3,(H2,16,17,18,19). The van der Waals surface area contributed by atoms with Crippen molar-refractivity contribution in [1.29, 1.82) is 0 Å². The molecule has 21 heavy (non-hydrogen) atoms. The number of nitrogens with zero attached hydrogens (tertiary/aromatic N) is 2. The summed E-state index contributed by atoms with van der Waals surface area (Å²) in [6.07, 6.45) is 3.68. The first-order valence-electron chi connectivity index (χ1n) is 7.57.